The van der Waals surface area contributed by atoms with Gasteiger partial charge in [-0.25, -0.2) is 0 Å². The summed E-state index contributed by atoms with van der Waals surface area (Å²) in [6.45, 7) is 8.29. The lowest BCUT2D eigenvalue weighted by Gasteiger charge is -2.22. The van der Waals surface area contributed by atoms with Crippen LogP contribution in [0.25, 0.3) is 0 Å². The molecule has 184 valence electrons. The van der Waals surface area contributed by atoms with Gasteiger partial charge in [0.2, 0.25) is 0 Å². The molecule has 0 unspecified atom stereocenters. The first-order valence-electron chi connectivity index (χ1n) is 11.2. The lowest BCUT2D eigenvalue weighted by molar-refractivity contribution is -0.143. The highest BCUT2D eigenvalue weighted by molar-refractivity contribution is 8.77. The summed E-state index contributed by atoms with van der Waals surface area (Å²) in [6.07, 6.45) is 4.02. The van der Waals surface area contributed by atoms with Crippen LogP contribution in [0, 0.1) is 0 Å². The van der Waals surface area contributed by atoms with E-state index in [4.69, 9.17) is 9.47 Å². The van der Waals surface area contributed by atoms with Crippen LogP contribution >= 0.6 is 43.2 Å². The Kier molecular flexibility index (Phi) is 23.6. The number of nitrogens with zero attached hydrogens (tertiary/aromatic N) is 2. The van der Waals surface area contributed by atoms with Gasteiger partial charge in [-0.2, -0.15) is 0 Å². The second kappa shape index (κ2) is 23.4. The molecule has 0 aliphatic rings. The molecule has 0 saturated heterocycles. The zero-order valence-electron chi connectivity index (χ0n) is 19.8. The molecule has 10 heteroatoms. The van der Waals surface area contributed by atoms with Crippen molar-refractivity contribution in [1.29, 1.82) is 0 Å². The fraction of sp³-hybridized carbons (Fsp3) is 0.905. The predicted molar refractivity (Wildman–Crippen MR) is 141 cm³/mol. The van der Waals surface area contributed by atoms with Gasteiger partial charge in [-0.05, 0) is 46.4 Å². The standard InChI is InChI=1S/C21H42N2O4S4/c1-5-16-28-30-18-14-26-20(24)8-12-23(11-7-10-22(3)4)13-9-21(25)27-15-19-31-29-17-6-2/h5-19H2,1-4H3. The minimum absolute atomic E-state index is 0.164. The van der Waals surface area contributed by atoms with Gasteiger partial charge in [-0.15, -0.1) is 0 Å². The number of ether oxygens (including phenoxy) is 2. The Morgan fingerprint density at radius 3 is 1.55 bits per heavy atom. The summed E-state index contributed by atoms with van der Waals surface area (Å²) >= 11 is 0. The van der Waals surface area contributed by atoms with E-state index in [2.05, 4.69) is 23.6 Å². The zero-order chi connectivity index (χ0) is 23.2. The number of carbonyl (C=O) groups is 2. The Bertz CT molecular complexity index is 414. The van der Waals surface area contributed by atoms with Gasteiger partial charge in [-0.1, -0.05) is 57.0 Å². The Balaban J connectivity index is 4.09. The maximum absolute atomic E-state index is 12.0. The Morgan fingerprint density at radius 2 is 1.13 bits per heavy atom. The SMILES string of the molecule is CCCSSCCOC(=O)CCN(CCCN(C)C)CCC(=O)OCCSSCCC. The molecule has 6 nitrogen and oxygen atoms in total. The van der Waals surface area contributed by atoms with E-state index in [1.165, 1.54) is 0 Å². The van der Waals surface area contributed by atoms with E-state index in [1.54, 1.807) is 21.6 Å². The van der Waals surface area contributed by atoms with Crippen molar-refractivity contribution >= 4 is 55.1 Å². The van der Waals surface area contributed by atoms with Crippen LogP contribution in [0.3, 0.4) is 0 Å². The van der Waals surface area contributed by atoms with Crippen molar-refractivity contribution in [1.82, 2.24) is 9.80 Å². The number of rotatable bonds is 22. The van der Waals surface area contributed by atoms with E-state index >= 15 is 0 Å². The van der Waals surface area contributed by atoms with Gasteiger partial charge in [0.25, 0.3) is 0 Å². The number of hydrogen-bond acceptors (Lipinski definition) is 10. The summed E-state index contributed by atoms with van der Waals surface area (Å²) in [5.41, 5.74) is 0. The summed E-state index contributed by atoms with van der Waals surface area (Å²) < 4.78 is 10.7. The van der Waals surface area contributed by atoms with Gasteiger partial charge in [-0.3, -0.25) is 9.59 Å². The van der Waals surface area contributed by atoms with Gasteiger partial charge in [0.1, 0.15) is 13.2 Å². The van der Waals surface area contributed by atoms with E-state index < -0.39 is 0 Å². The first-order chi connectivity index (χ1) is 15.0. The van der Waals surface area contributed by atoms with Crippen molar-refractivity contribution in [3.63, 3.8) is 0 Å². The number of hydrogen-bond donors (Lipinski definition) is 0. The summed E-state index contributed by atoms with van der Waals surface area (Å²) in [6, 6.07) is 0. The lowest BCUT2D eigenvalue weighted by Crippen LogP contribution is -2.32. The van der Waals surface area contributed by atoms with Gasteiger partial charge in [0.15, 0.2) is 0 Å². The largest absolute Gasteiger partial charge is 0.465 e. The summed E-state index contributed by atoms with van der Waals surface area (Å²) in [4.78, 5) is 28.4. The molecule has 0 fully saturated rings. The molecular weight excluding hydrogens is 473 g/mol. The highest BCUT2D eigenvalue weighted by atomic mass is 33.1. The molecule has 31 heavy (non-hydrogen) atoms. The lowest BCUT2D eigenvalue weighted by atomic mass is 10.3. The molecule has 0 atom stereocenters. The molecule has 0 N–H and O–H groups in total. The highest BCUT2D eigenvalue weighted by Gasteiger charge is 2.12. The second-order valence-electron chi connectivity index (χ2n) is 7.23. The Morgan fingerprint density at radius 1 is 0.677 bits per heavy atom. The number of esters is 2. The maximum atomic E-state index is 12.0. The summed E-state index contributed by atoms with van der Waals surface area (Å²) in [5.74, 6) is 3.57. The van der Waals surface area contributed by atoms with Crippen molar-refractivity contribution in [2.24, 2.45) is 0 Å². The van der Waals surface area contributed by atoms with Crippen molar-refractivity contribution in [3.8, 4) is 0 Å². The van der Waals surface area contributed by atoms with Crippen LogP contribution in [-0.4, -0.2) is 98.2 Å². The molecule has 0 aromatic rings. The van der Waals surface area contributed by atoms with E-state index in [0.29, 0.717) is 39.1 Å². The third kappa shape index (κ3) is 23.2. The molecule has 0 radical (unpaired) electrons. The van der Waals surface area contributed by atoms with Gasteiger partial charge in [0, 0.05) is 36.1 Å². The minimum Gasteiger partial charge on any atom is -0.465 e. The van der Waals surface area contributed by atoms with Crippen molar-refractivity contribution in [2.45, 2.75) is 46.0 Å². The minimum atomic E-state index is -0.164. The molecule has 0 aliphatic heterocycles. The van der Waals surface area contributed by atoms with Crippen LogP contribution in [-0.2, 0) is 19.1 Å². The van der Waals surface area contributed by atoms with Crippen LogP contribution in [0.5, 0.6) is 0 Å². The average Bonchev–Trinajstić information content (AvgIpc) is 2.74. The Hall–Kier alpha value is 0.260. The quantitative estimate of drug-likeness (QED) is 0.115. The van der Waals surface area contributed by atoms with E-state index in [9.17, 15) is 9.59 Å². The molecule has 0 aliphatic carbocycles. The van der Waals surface area contributed by atoms with Gasteiger partial charge >= 0.3 is 11.9 Å². The van der Waals surface area contributed by atoms with Crippen LogP contribution in [0.1, 0.15) is 46.0 Å². The molecule has 0 rings (SSSR count). The molecule has 0 aromatic carbocycles. The molecule has 0 aromatic heterocycles. The zero-order valence-corrected chi connectivity index (χ0v) is 23.0. The topological polar surface area (TPSA) is 59.1 Å². The second-order valence-corrected chi connectivity index (χ2v) is 12.6. The fourth-order valence-electron chi connectivity index (χ4n) is 2.37. The first-order valence-corrected chi connectivity index (χ1v) is 16.1. The number of carbonyl (C=O) groups excluding carboxylic acids is 2. The predicted octanol–water partition coefficient (Wildman–Crippen LogP) is 4.69. The smallest absolute Gasteiger partial charge is 0.307 e. The summed E-state index contributed by atoms with van der Waals surface area (Å²) in [7, 11) is 11.2. The molecule has 0 amide bonds. The monoisotopic (exact) mass is 514 g/mol. The molecule has 0 saturated carbocycles. The average molecular weight is 515 g/mol. The molecule has 0 heterocycles. The van der Waals surface area contributed by atoms with Gasteiger partial charge < -0.3 is 19.3 Å². The van der Waals surface area contributed by atoms with E-state index in [1.807, 2.05) is 35.7 Å². The Labute approximate surface area is 205 Å². The van der Waals surface area contributed by atoms with E-state index in [-0.39, 0.29) is 11.9 Å². The van der Waals surface area contributed by atoms with Crippen LogP contribution in [0.15, 0.2) is 0 Å². The molecule has 0 bridgehead atoms. The maximum Gasteiger partial charge on any atom is 0.307 e. The first kappa shape index (κ1) is 31.3. The van der Waals surface area contributed by atoms with Crippen LogP contribution < -0.4 is 0 Å². The van der Waals surface area contributed by atoms with Crippen molar-refractivity contribution in [3.05, 3.63) is 0 Å². The van der Waals surface area contributed by atoms with Gasteiger partial charge in [0.05, 0.1) is 12.8 Å². The third-order valence-corrected chi connectivity index (χ3v) is 9.09. The third-order valence-electron chi connectivity index (χ3n) is 3.94. The highest BCUT2D eigenvalue weighted by Crippen LogP contribution is 2.21. The van der Waals surface area contributed by atoms with Crippen LogP contribution in [0.2, 0.25) is 0 Å². The van der Waals surface area contributed by atoms with Crippen molar-refractivity contribution < 1.29 is 19.1 Å². The molecular formula is C21H42N2O4S4. The summed E-state index contributed by atoms with van der Waals surface area (Å²) in [5, 5.41) is 0. The fourth-order valence-corrected chi connectivity index (χ4v) is 6.30. The van der Waals surface area contributed by atoms with Crippen LogP contribution in [0.4, 0.5) is 0 Å². The normalized spacial score (nSPS) is 11.3. The van der Waals surface area contributed by atoms with Crippen molar-refractivity contribution in [2.75, 3.05) is 76.5 Å². The van der Waals surface area contributed by atoms with E-state index in [0.717, 1.165) is 55.4 Å². The molecule has 0 spiro atoms.